The molecule has 0 saturated heterocycles. The topological polar surface area (TPSA) is 37.0 Å². The summed E-state index contributed by atoms with van der Waals surface area (Å²) in [6.07, 6.45) is -3.27. The number of halogens is 3. The van der Waals surface area contributed by atoms with Crippen molar-refractivity contribution >= 4 is 22.2 Å². The van der Waals surface area contributed by atoms with Crippen LogP contribution in [0.15, 0.2) is 29.6 Å². The fourth-order valence-electron chi connectivity index (χ4n) is 1.87. The van der Waals surface area contributed by atoms with E-state index in [1.165, 1.54) is 23.5 Å². The summed E-state index contributed by atoms with van der Waals surface area (Å²) >= 11 is 1.43. The molecule has 0 bridgehead atoms. The van der Waals surface area contributed by atoms with Gasteiger partial charge in [-0.15, -0.1) is 11.3 Å². The minimum absolute atomic E-state index is 0.152. The van der Waals surface area contributed by atoms with Crippen LogP contribution in [0.4, 0.5) is 24.0 Å². The van der Waals surface area contributed by atoms with E-state index in [4.69, 9.17) is 0 Å². The molecule has 3 nitrogen and oxygen atoms in total. The van der Waals surface area contributed by atoms with E-state index in [1.807, 2.05) is 12.3 Å². The molecule has 0 amide bonds. The molecular weight excluding hydrogens is 311 g/mol. The first-order valence-electron chi connectivity index (χ1n) is 7.03. The third-order valence-electron chi connectivity index (χ3n) is 3.13. The monoisotopic (exact) mass is 329 g/mol. The van der Waals surface area contributed by atoms with E-state index in [1.54, 1.807) is 0 Å². The Morgan fingerprint density at radius 2 is 1.91 bits per heavy atom. The Balaban J connectivity index is 2.01. The molecule has 0 aliphatic heterocycles. The molecule has 0 aliphatic carbocycles. The second-order valence-electron chi connectivity index (χ2n) is 4.95. The van der Waals surface area contributed by atoms with Crippen LogP contribution in [0.3, 0.4) is 0 Å². The lowest BCUT2D eigenvalue weighted by Gasteiger charge is -2.10. The number of aromatic nitrogens is 1. The van der Waals surface area contributed by atoms with Crippen molar-refractivity contribution in [3.8, 4) is 0 Å². The van der Waals surface area contributed by atoms with E-state index in [-0.39, 0.29) is 6.04 Å². The molecule has 2 rings (SSSR count). The average Bonchev–Trinajstić information content (AvgIpc) is 2.93. The number of benzene rings is 1. The second-order valence-corrected chi connectivity index (χ2v) is 5.81. The number of nitrogens with one attached hydrogen (secondary N) is 2. The van der Waals surface area contributed by atoms with Gasteiger partial charge < -0.3 is 10.6 Å². The van der Waals surface area contributed by atoms with Crippen LogP contribution >= 0.6 is 11.3 Å². The number of hydrogen-bond acceptors (Lipinski definition) is 4. The Labute approximate surface area is 131 Å². The molecule has 22 heavy (non-hydrogen) atoms. The Bertz CT molecular complexity index is 593. The molecule has 2 aromatic rings. The lowest BCUT2D eigenvalue weighted by Crippen LogP contribution is -2.19. The maximum absolute atomic E-state index is 12.5. The maximum Gasteiger partial charge on any atom is 0.416 e. The summed E-state index contributed by atoms with van der Waals surface area (Å²) in [4.78, 5) is 4.45. The van der Waals surface area contributed by atoms with Gasteiger partial charge in [-0.05, 0) is 44.2 Å². The lowest BCUT2D eigenvalue weighted by atomic mass is 10.2. The van der Waals surface area contributed by atoms with Crippen LogP contribution in [0, 0.1) is 0 Å². The summed E-state index contributed by atoms with van der Waals surface area (Å²) in [5.74, 6) is 0. The second kappa shape index (κ2) is 7.11. The Morgan fingerprint density at radius 1 is 1.23 bits per heavy atom. The van der Waals surface area contributed by atoms with Crippen molar-refractivity contribution in [1.82, 2.24) is 10.3 Å². The SMILES string of the molecule is CCCNC(C)c1csc(Nc2ccc(C(F)(F)F)cc2)n1. The number of alkyl halides is 3. The van der Waals surface area contributed by atoms with Gasteiger partial charge in [-0.1, -0.05) is 6.92 Å². The summed E-state index contributed by atoms with van der Waals surface area (Å²) in [5, 5.41) is 8.98. The van der Waals surface area contributed by atoms with E-state index < -0.39 is 11.7 Å². The van der Waals surface area contributed by atoms with Gasteiger partial charge in [0.25, 0.3) is 0 Å². The molecule has 1 heterocycles. The number of nitrogens with zero attached hydrogens (tertiary/aromatic N) is 1. The fraction of sp³-hybridized carbons (Fsp3) is 0.400. The zero-order valence-corrected chi connectivity index (χ0v) is 13.2. The molecule has 1 aromatic heterocycles. The van der Waals surface area contributed by atoms with Crippen molar-refractivity contribution in [2.75, 3.05) is 11.9 Å². The van der Waals surface area contributed by atoms with E-state index in [0.717, 1.165) is 30.8 Å². The van der Waals surface area contributed by atoms with E-state index in [9.17, 15) is 13.2 Å². The van der Waals surface area contributed by atoms with Crippen molar-refractivity contribution < 1.29 is 13.2 Å². The van der Waals surface area contributed by atoms with Gasteiger partial charge in [0.1, 0.15) is 0 Å². The van der Waals surface area contributed by atoms with Gasteiger partial charge in [0, 0.05) is 17.1 Å². The lowest BCUT2D eigenvalue weighted by molar-refractivity contribution is -0.137. The van der Waals surface area contributed by atoms with E-state index in [2.05, 4.69) is 22.5 Å². The largest absolute Gasteiger partial charge is 0.416 e. The van der Waals surface area contributed by atoms with Crippen LogP contribution in [0.2, 0.25) is 0 Å². The average molecular weight is 329 g/mol. The van der Waals surface area contributed by atoms with Crippen molar-refractivity contribution in [1.29, 1.82) is 0 Å². The van der Waals surface area contributed by atoms with Crippen molar-refractivity contribution in [3.63, 3.8) is 0 Å². The summed E-state index contributed by atoms with van der Waals surface area (Å²) in [7, 11) is 0. The first-order valence-corrected chi connectivity index (χ1v) is 7.91. The van der Waals surface area contributed by atoms with Gasteiger partial charge in [-0.3, -0.25) is 0 Å². The van der Waals surface area contributed by atoms with Gasteiger partial charge in [0.15, 0.2) is 5.13 Å². The Morgan fingerprint density at radius 3 is 2.50 bits per heavy atom. The van der Waals surface area contributed by atoms with Crippen LogP contribution in [0.5, 0.6) is 0 Å². The van der Waals surface area contributed by atoms with Crippen molar-refractivity contribution in [2.24, 2.45) is 0 Å². The molecule has 120 valence electrons. The van der Waals surface area contributed by atoms with Gasteiger partial charge in [-0.2, -0.15) is 13.2 Å². The van der Waals surface area contributed by atoms with Crippen LogP contribution in [-0.4, -0.2) is 11.5 Å². The molecule has 0 fully saturated rings. The van der Waals surface area contributed by atoms with Crippen LogP contribution in [0.1, 0.15) is 37.6 Å². The Kier molecular flexibility index (Phi) is 5.42. The molecule has 0 radical (unpaired) electrons. The predicted molar refractivity (Wildman–Crippen MR) is 83.5 cm³/mol. The van der Waals surface area contributed by atoms with E-state index in [0.29, 0.717) is 10.8 Å². The minimum atomic E-state index is -4.31. The molecule has 1 atom stereocenters. The zero-order valence-electron chi connectivity index (χ0n) is 12.4. The van der Waals surface area contributed by atoms with Crippen molar-refractivity contribution in [3.05, 3.63) is 40.9 Å². The van der Waals surface area contributed by atoms with Crippen molar-refractivity contribution in [2.45, 2.75) is 32.5 Å². The highest BCUT2D eigenvalue weighted by molar-refractivity contribution is 7.13. The smallest absolute Gasteiger partial charge is 0.332 e. The van der Waals surface area contributed by atoms with Crippen LogP contribution in [-0.2, 0) is 6.18 Å². The highest BCUT2D eigenvalue weighted by Crippen LogP contribution is 2.31. The molecule has 1 unspecified atom stereocenters. The molecule has 0 saturated carbocycles. The zero-order chi connectivity index (χ0) is 16.2. The summed E-state index contributed by atoms with van der Waals surface area (Å²) in [5.41, 5.74) is 0.853. The highest BCUT2D eigenvalue weighted by atomic mass is 32.1. The summed E-state index contributed by atoms with van der Waals surface area (Å²) in [6.45, 7) is 5.05. The molecule has 1 aromatic carbocycles. The molecule has 0 spiro atoms. The third-order valence-corrected chi connectivity index (χ3v) is 3.91. The minimum Gasteiger partial charge on any atom is -0.332 e. The van der Waals surface area contributed by atoms with Crippen LogP contribution in [0.25, 0.3) is 0 Å². The summed E-state index contributed by atoms with van der Waals surface area (Å²) in [6, 6.07) is 5.08. The molecular formula is C15H18F3N3S. The number of thiazole rings is 1. The van der Waals surface area contributed by atoms with Gasteiger partial charge in [0.2, 0.25) is 0 Å². The standard InChI is InChI=1S/C15H18F3N3S/c1-3-8-19-10(2)13-9-22-14(21-13)20-12-6-4-11(5-7-12)15(16,17)18/h4-7,9-10,19H,3,8H2,1-2H3,(H,20,21). The Hall–Kier alpha value is -1.60. The number of hydrogen-bond donors (Lipinski definition) is 2. The van der Waals surface area contributed by atoms with Gasteiger partial charge in [-0.25, -0.2) is 4.98 Å². The van der Waals surface area contributed by atoms with Gasteiger partial charge in [0.05, 0.1) is 11.3 Å². The summed E-state index contributed by atoms with van der Waals surface area (Å²) < 4.78 is 37.5. The number of anilines is 2. The first kappa shape index (κ1) is 16.8. The maximum atomic E-state index is 12.5. The molecule has 7 heteroatoms. The fourth-order valence-corrected chi connectivity index (χ4v) is 2.70. The highest BCUT2D eigenvalue weighted by Gasteiger charge is 2.29. The molecule has 0 aliphatic rings. The van der Waals surface area contributed by atoms with Crippen LogP contribution < -0.4 is 10.6 Å². The number of rotatable bonds is 6. The van der Waals surface area contributed by atoms with E-state index >= 15 is 0 Å². The predicted octanol–water partition coefficient (Wildman–Crippen LogP) is 4.97. The normalized spacial score (nSPS) is 13.1. The third kappa shape index (κ3) is 4.45. The first-order chi connectivity index (χ1) is 10.4. The molecule has 2 N–H and O–H groups in total. The quantitative estimate of drug-likeness (QED) is 0.786. The van der Waals surface area contributed by atoms with Gasteiger partial charge >= 0.3 is 6.18 Å².